The highest BCUT2D eigenvalue weighted by atomic mass is 35.5. The first-order valence-corrected chi connectivity index (χ1v) is 7.84. The van der Waals surface area contributed by atoms with Crippen LogP contribution in [0.5, 0.6) is 0 Å². The van der Waals surface area contributed by atoms with E-state index in [1.165, 1.54) is 0 Å². The smallest absolute Gasteiger partial charge is 0.214 e. The number of imidazole rings is 1. The van der Waals surface area contributed by atoms with E-state index in [0.29, 0.717) is 26.1 Å². The van der Waals surface area contributed by atoms with Crippen LogP contribution in [0, 0.1) is 0 Å². The Labute approximate surface area is 120 Å². The van der Waals surface area contributed by atoms with Crippen LogP contribution in [0.2, 0.25) is 0 Å². The van der Waals surface area contributed by atoms with E-state index in [2.05, 4.69) is 10.3 Å². The van der Waals surface area contributed by atoms with Crippen LogP contribution in [-0.4, -0.2) is 47.7 Å². The Morgan fingerprint density at radius 3 is 2.84 bits per heavy atom. The summed E-state index contributed by atoms with van der Waals surface area (Å²) in [5.74, 6) is 0.996. The van der Waals surface area contributed by atoms with E-state index in [9.17, 15) is 8.42 Å². The topological polar surface area (TPSA) is 67.2 Å². The third kappa shape index (κ3) is 3.47. The van der Waals surface area contributed by atoms with Crippen LogP contribution >= 0.6 is 12.4 Å². The number of sulfonamides is 1. The van der Waals surface area contributed by atoms with Gasteiger partial charge in [0.1, 0.15) is 5.82 Å². The molecule has 1 aliphatic heterocycles. The predicted octanol–water partition coefficient (Wildman–Crippen LogP) is 0.528. The molecule has 0 saturated carbocycles. The van der Waals surface area contributed by atoms with Crippen LogP contribution in [-0.2, 0) is 17.1 Å². The third-order valence-electron chi connectivity index (χ3n) is 3.17. The Kier molecular flexibility index (Phi) is 5.79. The summed E-state index contributed by atoms with van der Waals surface area (Å²) in [4.78, 5) is 4.28. The molecular formula is C11H21ClN4O2S. The summed E-state index contributed by atoms with van der Waals surface area (Å²) >= 11 is 0. The molecule has 8 heteroatoms. The van der Waals surface area contributed by atoms with Gasteiger partial charge in [0.15, 0.2) is 0 Å². The van der Waals surface area contributed by atoms with Gasteiger partial charge in [-0.15, -0.1) is 12.4 Å². The van der Waals surface area contributed by atoms with Gasteiger partial charge in [-0.3, -0.25) is 0 Å². The first-order chi connectivity index (χ1) is 8.56. The fraction of sp³-hybridized carbons (Fsp3) is 0.727. The van der Waals surface area contributed by atoms with Gasteiger partial charge in [-0.1, -0.05) is 6.92 Å². The quantitative estimate of drug-likeness (QED) is 0.881. The Morgan fingerprint density at radius 1 is 1.53 bits per heavy atom. The van der Waals surface area contributed by atoms with Crippen LogP contribution in [0.25, 0.3) is 0 Å². The molecule has 1 aromatic heterocycles. The van der Waals surface area contributed by atoms with Crippen molar-refractivity contribution in [1.82, 2.24) is 19.2 Å². The molecule has 1 atom stereocenters. The van der Waals surface area contributed by atoms with E-state index < -0.39 is 10.0 Å². The summed E-state index contributed by atoms with van der Waals surface area (Å²) < 4.78 is 28.0. The van der Waals surface area contributed by atoms with Gasteiger partial charge in [-0.25, -0.2) is 13.4 Å². The fourth-order valence-corrected chi connectivity index (χ4v) is 3.99. The molecule has 0 radical (unpaired) electrons. The second-order valence-corrected chi connectivity index (χ2v) is 6.58. The molecule has 0 aromatic carbocycles. The Bertz CT molecular complexity index is 503. The second kappa shape index (κ2) is 6.69. The van der Waals surface area contributed by atoms with Crippen molar-refractivity contribution in [1.29, 1.82) is 0 Å². The zero-order valence-electron chi connectivity index (χ0n) is 11.2. The molecule has 0 spiro atoms. The molecule has 1 aromatic rings. The van der Waals surface area contributed by atoms with Crippen LogP contribution in [0.15, 0.2) is 12.4 Å². The van der Waals surface area contributed by atoms with Crippen molar-refractivity contribution in [3.05, 3.63) is 18.2 Å². The lowest BCUT2D eigenvalue weighted by Gasteiger charge is -2.34. The van der Waals surface area contributed by atoms with Crippen LogP contribution < -0.4 is 5.32 Å². The van der Waals surface area contributed by atoms with Gasteiger partial charge in [0.25, 0.3) is 0 Å². The number of rotatable bonds is 4. The molecule has 1 aliphatic rings. The Balaban J connectivity index is 0.00000180. The van der Waals surface area contributed by atoms with Crippen molar-refractivity contribution in [3.63, 3.8) is 0 Å². The zero-order chi connectivity index (χ0) is 13.2. The third-order valence-corrected chi connectivity index (χ3v) is 5.25. The van der Waals surface area contributed by atoms with Crippen molar-refractivity contribution in [2.24, 2.45) is 7.05 Å². The largest absolute Gasteiger partial charge is 0.337 e. The monoisotopic (exact) mass is 308 g/mol. The lowest BCUT2D eigenvalue weighted by molar-refractivity contribution is 0.258. The number of aryl methyl sites for hydroxylation is 1. The molecule has 2 heterocycles. The first kappa shape index (κ1) is 16.4. The summed E-state index contributed by atoms with van der Waals surface area (Å²) in [6.45, 7) is 3.72. The number of hydrogen-bond donors (Lipinski definition) is 1. The van der Waals surface area contributed by atoms with E-state index in [1.807, 2.05) is 24.7 Å². The van der Waals surface area contributed by atoms with Crippen LogP contribution in [0.4, 0.5) is 0 Å². The maximum absolute atomic E-state index is 12.3. The minimum Gasteiger partial charge on any atom is -0.337 e. The molecule has 19 heavy (non-hydrogen) atoms. The molecule has 6 nitrogen and oxygen atoms in total. The average molecular weight is 309 g/mol. The fourth-order valence-electron chi connectivity index (χ4n) is 2.31. The summed E-state index contributed by atoms with van der Waals surface area (Å²) in [5, 5.41) is 3.24. The zero-order valence-corrected chi connectivity index (χ0v) is 12.9. The summed E-state index contributed by atoms with van der Waals surface area (Å²) in [6, 6.07) is -0.199. The van der Waals surface area contributed by atoms with E-state index in [4.69, 9.17) is 0 Å². The van der Waals surface area contributed by atoms with Crippen molar-refractivity contribution in [3.8, 4) is 0 Å². The van der Waals surface area contributed by atoms with Crippen LogP contribution in [0.1, 0.15) is 25.2 Å². The summed E-state index contributed by atoms with van der Waals surface area (Å²) in [5.41, 5.74) is 0. The number of piperazine rings is 1. The van der Waals surface area contributed by atoms with E-state index >= 15 is 0 Å². The highest BCUT2D eigenvalue weighted by Gasteiger charge is 2.34. The van der Waals surface area contributed by atoms with Gasteiger partial charge in [-0.05, 0) is 6.42 Å². The predicted molar refractivity (Wildman–Crippen MR) is 76.9 cm³/mol. The highest BCUT2D eigenvalue weighted by molar-refractivity contribution is 7.89. The average Bonchev–Trinajstić information content (AvgIpc) is 2.75. The Hall–Kier alpha value is -0.630. The minimum absolute atomic E-state index is 0. The molecule has 1 fully saturated rings. The lowest BCUT2D eigenvalue weighted by atomic mass is 10.2. The van der Waals surface area contributed by atoms with Gasteiger partial charge in [-0.2, -0.15) is 4.31 Å². The van der Waals surface area contributed by atoms with Gasteiger partial charge in [0.2, 0.25) is 10.0 Å². The van der Waals surface area contributed by atoms with E-state index in [1.54, 1.807) is 10.5 Å². The number of halogens is 1. The molecule has 1 N–H and O–H groups in total. The van der Waals surface area contributed by atoms with Gasteiger partial charge in [0.05, 0.1) is 11.8 Å². The first-order valence-electron chi connectivity index (χ1n) is 6.23. The van der Waals surface area contributed by atoms with Crippen molar-refractivity contribution < 1.29 is 8.42 Å². The number of nitrogens with one attached hydrogen (secondary N) is 1. The SMILES string of the molecule is CCCS(=O)(=O)N1CCNCC1c1nccn1C.Cl. The number of hydrogen-bond acceptors (Lipinski definition) is 4. The maximum atomic E-state index is 12.3. The highest BCUT2D eigenvalue weighted by Crippen LogP contribution is 2.24. The molecule has 0 bridgehead atoms. The van der Waals surface area contributed by atoms with Gasteiger partial charge >= 0.3 is 0 Å². The molecule has 0 aliphatic carbocycles. The molecular weight excluding hydrogens is 288 g/mol. The van der Waals surface area contributed by atoms with E-state index in [0.717, 1.165) is 5.82 Å². The number of aromatic nitrogens is 2. The standard InChI is InChI=1S/C11H20N4O2S.ClH/c1-3-8-18(16,17)15-7-4-12-9-10(15)11-13-5-6-14(11)2;/h5-6,10,12H,3-4,7-9H2,1-2H3;1H. The Morgan fingerprint density at radius 2 is 2.26 bits per heavy atom. The van der Waals surface area contributed by atoms with Crippen molar-refractivity contribution >= 4 is 22.4 Å². The summed E-state index contributed by atoms with van der Waals surface area (Å²) in [7, 11) is -1.29. The molecule has 1 saturated heterocycles. The van der Waals surface area contributed by atoms with Gasteiger partial charge < -0.3 is 9.88 Å². The normalized spacial score (nSPS) is 21.1. The lowest BCUT2D eigenvalue weighted by Crippen LogP contribution is -2.49. The second-order valence-electron chi connectivity index (χ2n) is 4.54. The molecule has 2 rings (SSSR count). The van der Waals surface area contributed by atoms with E-state index in [-0.39, 0.29) is 24.2 Å². The van der Waals surface area contributed by atoms with Crippen molar-refractivity contribution in [2.75, 3.05) is 25.4 Å². The van der Waals surface area contributed by atoms with Crippen LogP contribution in [0.3, 0.4) is 0 Å². The molecule has 110 valence electrons. The van der Waals surface area contributed by atoms with Crippen molar-refractivity contribution in [2.45, 2.75) is 19.4 Å². The molecule has 1 unspecified atom stereocenters. The number of nitrogens with zero attached hydrogens (tertiary/aromatic N) is 3. The minimum atomic E-state index is -3.19. The van der Waals surface area contributed by atoms with Gasteiger partial charge in [0, 0.05) is 39.1 Å². The molecule has 0 amide bonds. The maximum Gasteiger partial charge on any atom is 0.214 e. The summed E-state index contributed by atoms with van der Waals surface area (Å²) in [6.07, 6.45) is 4.18.